The van der Waals surface area contributed by atoms with E-state index in [1.807, 2.05) is 0 Å². The maximum atomic E-state index is 12.8. The summed E-state index contributed by atoms with van der Waals surface area (Å²) in [7, 11) is -1.85. The van der Waals surface area contributed by atoms with Crippen molar-refractivity contribution in [2.45, 2.75) is 56.9 Å². The molecule has 0 radical (unpaired) electrons. The van der Waals surface area contributed by atoms with Crippen molar-refractivity contribution >= 4 is 10.0 Å². The number of aromatic nitrogens is 2. The van der Waals surface area contributed by atoms with Gasteiger partial charge in [0.1, 0.15) is 4.90 Å². The van der Waals surface area contributed by atoms with Crippen LogP contribution < -0.4 is 10.5 Å². The Labute approximate surface area is 127 Å². The van der Waals surface area contributed by atoms with Crippen LogP contribution in [0.3, 0.4) is 0 Å². The van der Waals surface area contributed by atoms with Crippen LogP contribution in [-0.2, 0) is 17.1 Å². The zero-order chi connectivity index (χ0) is 15.8. The van der Waals surface area contributed by atoms with E-state index in [1.54, 1.807) is 25.6 Å². The van der Waals surface area contributed by atoms with Crippen LogP contribution in [0.25, 0.3) is 0 Å². The Morgan fingerprint density at radius 2 is 1.95 bits per heavy atom. The highest BCUT2D eigenvalue weighted by molar-refractivity contribution is 7.89. The third-order valence-corrected chi connectivity index (χ3v) is 6.51. The Kier molecular flexibility index (Phi) is 4.46. The Morgan fingerprint density at radius 3 is 2.38 bits per heavy atom. The first-order valence-electron chi connectivity index (χ1n) is 7.45. The van der Waals surface area contributed by atoms with E-state index in [9.17, 15) is 8.42 Å². The van der Waals surface area contributed by atoms with Gasteiger partial charge in [0.15, 0.2) is 0 Å². The average molecular weight is 314 g/mol. The van der Waals surface area contributed by atoms with Gasteiger partial charge in [-0.1, -0.05) is 6.92 Å². The Morgan fingerprint density at radius 1 is 1.38 bits per heavy atom. The lowest BCUT2D eigenvalue weighted by Gasteiger charge is -2.38. The first-order chi connectivity index (χ1) is 9.71. The molecule has 0 amide bonds. The summed E-state index contributed by atoms with van der Waals surface area (Å²) in [6.07, 6.45) is 3.60. The maximum absolute atomic E-state index is 12.8. The summed E-state index contributed by atoms with van der Waals surface area (Å²) in [5.74, 6) is 0.635. The van der Waals surface area contributed by atoms with E-state index >= 15 is 0 Å². The van der Waals surface area contributed by atoms with Crippen molar-refractivity contribution in [3.63, 3.8) is 0 Å². The van der Waals surface area contributed by atoms with Crippen LogP contribution in [-0.4, -0.2) is 30.3 Å². The first-order valence-corrected chi connectivity index (χ1v) is 8.93. The van der Waals surface area contributed by atoms with Crippen molar-refractivity contribution in [2.75, 3.05) is 6.54 Å². The van der Waals surface area contributed by atoms with Gasteiger partial charge in [0.25, 0.3) is 0 Å². The van der Waals surface area contributed by atoms with Crippen LogP contribution in [0.4, 0.5) is 0 Å². The number of nitrogens with two attached hydrogens (primary N) is 1. The third kappa shape index (κ3) is 3.14. The largest absolute Gasteiger partial charge is 0.329 e. The summed E-state index contributed by atoms with van der Waals surface area (Å²) in [5.41, 5.74) is 6.56. The number of hydrogen-bond donors (Lipinski definition) is 2. The van der Waals surface area contributed by atoms with Crippen molar-refractivity contribution < 1.29 is 8.42 Å². The number of nitrogens with one attached hydrogen (secondary N) is 1. The van der Waals surface area contributed by atoms with Gasteiger partial charge in [-0.3, -0.25) is 4.68 Å². The highest BCUT2D eigenvalue weighted by Crippen LogP contribution is 2.33. The zero-order valence-electron chi connectivity index (χ0n) is 13.3. The average Bonchev–Trinajstić information content (AvgIpc) is 2.66. The lowest BCUT2D eigenvalue weighted by atomic mass is 9.78. The summed E-state index contributed by atoms with van der Waals surface area (Å²) in [6.45, 7) is 6.02. The fourth-order valence-corrected chi connectivity index (χ4v) is 5.05. The molecule has 7 heteroatoms. The van der Waals surface area contributed by atoms with E-state index in [0.717, 1.165) is 25.7 Å². The fourth-order valence-electron chi connectivity index (χ4n) is 3.14. The number of aryl methyl sites for hydroxylation is 2. The predicted octanol–water partition coefficient (Wildman–Crippen LogP) is 1.22. The molecule has 0 aliphatic heterocycles. The molecule has 1 aromatic rings. The SMILES string of the molecule is Cc1nn(C)c(C)c1S(=O)(=O)NC1(CN)CCC(C)CC1. The molecule has 1 aliphatic carbocycles. The second kappa shape index (κ2) is 5.70. The highest BCUT2D eigenvalue weighted by Gasteiger charge is 2.38. The normalized spacial score (nSPS) is 27.0. The third-order valence-electron chi connectivity index (χ3n) is 4.68. The van der Waals surface area contributed by atoms with Crippen LogP contribution in [0.1, 0.15) is 44.0 Å². The van der Waals surface area contributed by atoms with Crippen molar-refractivity contribution in [1.82, 2.24) is 14.5 Å². The molecule has 3 N–H and O–H groups in total. The van der Waals surface area contributed by atoms with E-state index in [1.165, 1.54) is 0 Å². The summed E-state index contributed by atoms with van der Waals surface area (Å²) >= 11 is 0. The van der Waals surface area contributed by atoms with E-state index in [0.29, 0.717) is 23.9 Å². The molecule has 0 bridgehead atoms. The zero-order valence-corrected chi connectivity index (χ0v) is 14.1. The van der Waals surface area contributed by atoms with Gasteiger partial charge < -0.3 is 5.73 Å². The summed E-state index contributed by atoms with van der Waals surface area (Å²) in [5, 5.41) is 4.20. The van der Waals surface area contributed by atoms with E-state index in [-0.39, 0.29) is 4.90 Å². The maximum Gasteiger partial charge on any atom is 0.244 e. The predicted molar refractivity (Wildman–Crippen MR) is 82.4 cm³/mol. The van der Waals surface area contributed by atoms with Gasteiger partial charge in [0, 0.05) is 19.1 Å². The monoisotopic (exact) mass is 314 g/mol. The summed E-state index contributed by atoms with van der Waals surface area (Å²) < 4.78 is 30.0. The fraction of sp³-hybridized carbons (Fsp3) is 0.786. The summed E-state index contributed by atoms with van der Waals surface area (Å²) in [4.78, 5) is 0.288. The van der Waals surface area contributed by atoms with Crippen LogP contribution >= 0.6 is 0 Å². The molecule has 1 fully saturated rings. The van der Waals surface area contributed by atoms with Crippen LogP contribution in [0, 0.1) is 19.8 Å². The molecule has 6 nitrogen and oxygen atoms in total. The van der Waals surface area contributed by atoms with Crippen LogP contribution in [0.15, 0.2) is 4.90 Å². The Bertz CT molecular complexity index is 613. The van der Waals surface area contributed by atoms with E-state index in [2.05, 4.69) is 16.7 Å². The van der Waals surface area contributed by atoms with Gasteiger partial charge in [-0.05, 0) is 45.4 Å². The Balaban J connectivity index is 2.32. The topological polar surface area (TPSA) is 90.0 Å². The van der Waals surface area contributed by atoms with Gasteiger partial charge in [-0.25, -0.2) is 13.1 Å². The molecule has 0 spiro atoms. The first kappa shape index (κ1) is 16.5. The van der Waals surface area contributed by atoms with Crippen molar-refractivity contribution in [3.8, 4) is 0 Å². The quantitative estimate of drug-likeness (QED) is 0.874. The number of nitrogens with zero attached hydrogens (tertiary/aromatic N) is 2. The Hall–Kier alpha value is -0.920. The molecule has 1 saturated carbocycles. The van der Waals surface area contributed by atoms with Gasteiger partial charge in [-0.15, -0.1) is 0 Å². The number of rotatable bonds is 4. The molecule has 0 unspecified atom stereocenters. The van der Waals surface area contributed by atoms with Crippen LogP contribution in [0.2, 0.25) is 0 Å². The molecule has 21 heavy (non-hydrogen) atoms. The minimum Gasteiger partial charge on any atom is -0.329 e. The number of sulfonamides is 1. The smallest absolute Gasteiger partial charge is 0.244 e. The molecular formula is C14H26N4O2S. The molecule has 120 valence electrons. The van der Waals surface area contributed by atoms with E-state index < -0.39 is 15.6 Å². The molecule has 1 aromatic heterocycles. The number of hydrogen-bond acceptors (Lipinski definition) is 4. The highest BCUT2D eigenvalue weighted by atomic mass is 32.2. The lowest BCUT2D eigenvalue weighted by molar-refractivity contribution is 0.231. The second-order valence-corrected chi connectivity index (χ2v) is 8.02. The molecule has 2 rings (SSSR count). The molecule has 0 saturated heterocycles. The molecular weight excluding hydrogens is 288 g/mol. The molecule has 0 aromatic carbocycles. The molecule has 0 atom stereocenters. The van der Waals surface area contributed by atoms with Crippen molar-refractivity contribution in [1.29, 1.82) is 0 Å². The lowest BCUT2D eigenvalue weighted by Crippen LogP contribution is -2.55. The second-order valence-electron chi connectivity index (χ2n) is 6.40. The van der Waals surface area contributed by atoms with E-state index in [4.69, 9.17) is 5.73 Å². The van der Waals surface area contributed by atoms with Crippen LogP contribution in [0.5, 0.6) is 0 Å². The minimum atomic E-state index is -3.60. The molecule has 1 aliphatic rings. The van der Waals surface area contributed by atoms with Gasteiger partial charge >= 0.3 is 0 Å². The van der Waals surface area contributed by atoms with Crippen molar-refractivity contribution in [3.05, 3.63) is 11.4 Å². The summed E-state index contributed by atoms with van der Waals surface area (Å²) in [6, 6.07) is 0. The standard InChI is InChI=1S/C14H26N4O2S/c1-10-5-7-14(9-15,8-6-10)17-21(19,20)13-11(2)16-18(4)12(13)3/h10,17H,5-9,15H2,1-4H3. The van der Waals surface area contributed by atoms with Gasteiger partial charge in [0.05, 0.1) is 11.4 Å². The van der Waals surface area contributed by atoms with Crippen molar-refractivity contribution in [2.24, 2.45) is 18.7 Å². The molecule has 1 heterocycles. The van der Waals surface area contributed by atoms with Gasteiger partial charge in [-0.2, -0.15) is 5.10 Å². The van der Waals surface area contributed by atoms with Gasteiger partial charge in [0.2, 0.25) is 10.0 Å². The minimum absolute atomic E-state index is 0.288.